The highest BCUT2D eigenvalue weighted by atomic mass is 28.3. The zero-order valence-corrected chi connectivity index (χ0v) is 21.7. The monoisotopic (exact) mass is 482 g/mol. The third-order valence-electron chi connectivity index (χ3n) is 9.12. The Morgan fingerprint density at radius 2 is 1.44 bits per heavy atom. The van der Waals surface area contributed by atoms with E-state index >= 15 is 0 Å². The van der Waals surface area contributed by atoms with Crippen LogP contribution in [0.1, 0.15) is 60.7 Å². The van der Waals surface area contributed by atoms with Crippen LogP contribution in [0, 0.1) is 17.3 Å². The van der Waals surface area contributed by atoms with Crippen LogP contribution in [-0.4, -0.2) is 45.8 Å². The SMILES string of the molecule is CC[Si](CC)(CC)[C@@H]1C2=C(C[C@H]3C(=O)c4ccccc4C(=O)[C@@H]13)CC(C(=O)OC)(C(=O)OC)C2. The summed E-state index contributed by atoms with van der Waals surface area (Å²) in [6.07, 6.45) is 0.826. The Kier molecular flexibility index (Phi) is 6.44. The van der Waals surface area contributed by atoms with Crippen LogP contribution in [-0.2, 0) is 19.1 Å². The summed E-state index contributed by atoms with van der Waals surface area (Å²) in [6.45, 7) is 6.57. The molecule has 34 heavy (non-hydrogen) atoms. The number of benzene rings is 1. The number of hydrogen-bond donors (Lipinski definition) is 0. The number of fused-ring (bicyclic) bond motifs is 2. The van der Waals surface area contributed by atoms with Gasteiger partial charge in [-0.2, -0.15) is 0 Å². The van der Waals surface area contributed by atoms with Gasteiger partial charge in [0.05, 0.1) is 22.3 Å². The van der Waals surface area contributed by atoms with E-state index < -0.39 is 37.3 Å². The van der Waals surface area contributed by atoms with E-state index in [0.29, 0.717) is 17.5 Å². The first-order valence-corrected chi connectivity index (χ1v) is 15.0. The molecule has 0 saturated heterocycles. The molecule has 3 atom stereocenters. The molecule has 0 fully saturated rings. The van der Waals surface area contributed by atoms with Crippen LogP contribution >= 0.6 is 0 Å². The molecule has 0 amide bonds. The van der Waals surface area contributed by atoms with Crippen molar-refractivity contribution in [1.29, 1.82) is 0 Å². The maximum Gasteiger partial charge on any atom is 0.323 e. The fourth-order valence-electron chi connectivity index (χ4n) is 7.17. The number of carbonyl (C=O) groups is 4. The molecule has 0 unspecified atom stereocenters. The number of rotatable bonds is 6. The van der Waals surface area contributed by atoms with E-state index in [9.17, 15) is 19.2 Å². The van der Waals surface area contributed by atoms with Crippen LogP contribution in [0.3, 0.4) is 0 Å². The lowest BCUT2D eigenvalue weighted by Gasteiger charge is -2.49. The van der Waals surface area contributed by atoms with E-state index in [1.165, 1.54) is 14.2 Å². The molecule has 6 nitrogen and oxygen atoms in total. The Morgan fingerprint density at radius 1 is 0.912 bits per heavy atom. The molecular weight excluding hydrogens is 448 g/mol. The largest absolute Gasteiger partial charge is 0.468 e. The number of Topliss-reactive ketones (excluding diaryl/α,β-unsaturated/α-hetero) is 2. The van der Waals surface area contributed by atoms with Crippen LogP contribution in [0.15, 0.2) is 35.4 Å². The van der Waals surface area contributed by atoms with Crippen molar-refractivity contribution < 1.29 is 28.7 Å². The summed E-state index contributed by atoms with van der Waals surface area (Å²) in [5, 5.41) is 0. The first kappa shape index (κ1) is 24.6. The Bertz CT molecular complexity index is 1060. The van der Waals surface area contributed by atoms with Gasteiger partial charge in [0.1, 0.15) is 0 Å². The average molecular weight is 483 g/mol. The predicted molar refractivity (Wildman–Crippen MR) is 130 cm³/mol. The molecule has 0 spiro atoms. The highest BCUT2D eigenvalue weighted by Crippen LogP contribution is 2.62. The number of hydrogen-bond acceptors (Lipinski definition) is 6. The Hall–Kier alpha value is -2.54. The third kappa shape index (κ3) is 3.27. The zero-order chi connectivity index (χ0) is 24.8. The quantitative estimate of drug-likeness (QED) is 0.245. The molecule has 3 aliphatic rings. The number of ketones is 2. The third-order valence-corrected chi connectivity index (χ3v) is 15.4. The van der Waals surface area contributed by atoms with Gasteiger partial charge in [0.25, 0.3) is 0 Å². The van der Waals surface area contributed by atoms with Gasteiger partial charge in [0, 0.05) is 23.0 Å². The van der Waals surface area contributed by atoms with Crippen molar-refractivity contribution in [3.05, 3.63) is 46.5 Å². The first-order chi connectivity index (χ1) is 16.2. The normalized spacial score (nSPS) is 25.4. The summed E-state index contributed by atoms with van der Waals surface area (Å²) in [5.74, 6) is -2.04. The van der Waals surface area contributed by atoms with Crippen molar-refractivity contribution in [2.45, 2.75) is 63.7 Å². The summed E-state index contributed by atoms with van der Waals surface area (Å²) in [5.41, 5.74) is 1.53. The van der Waals surface area contributed by atoms with E-state index in [1.54, 1.807) is 18.2 Å². The van der Waals surface area contributed by atoms with Crippen molar-refractivity contribution in [2.24, 2.45) is 17.3 Å². The van der Waals surface area contributed by atoms with Crippen LogP contribution in [0.4, 0.5) is 0 Å². The Balaban J connectivity index is 1.92. The van der Waals surface area contributed by atoms with E-state index in [1.807, 2.05) is 6.07 Å². The lowest BCUT2D eigenvalue weighted by atomic mass is 9.66. The number of carbonyl (C=O) groups excluding carboxylic acids is 4. The maximum atomic E-state index is 14.0. The molecule has 7 heteroatoms. The molecule has 0 radical (unpaired) electrons. The van der Waals surface area contributed by atoms with Gasteiger partial charge in [-0.05, 0) is 24.8 Å². The summed E-state index contributed by atoms with van der Waals surface area (Å²) in [6, 6.07) is 10.0. The van der Waals surface area contributed by atoms with E-state index in [2.05, 4.69) is 20.8 Å². The second-order valence-electron chi connectivity index (χ2n) is 10.1. The summed E-state index contributed by atoms with van der Waals surface area (Å²) in [4.78, 5) is 53.7. The van der Waals surface area contributed by atoms with Gasteiger partial charge < -0.3 is 9.47 Å². The molecule has 182 valence electrons. The van der Waals surface area contributed by atoms with Crippen molar-refractivity contribution in [3.8, 4) is 0 Å². The lowest BCUT2D eigenvalue weighted by Crippen LogP contribution is -2.51. The smallest absolute Gasteiger partial charge is 0.323 e. The first-order valence-electron chi connectivity index (χ1n) is 12.3. The maximum absolute atomic E-state index is 14.0. The minimum absolute atomic E-state index is 0.0107. The number of ether oxygens (including phenoxy) is 2. The van der Waals surface area contributed by atoms with Gasteiger partial charge in [-0.3, -0.25) is 19.2 Å². The molecule has 1 aromatic carbocycles. The minimum atomic E-state index is -2.09. The average Bonchev–Trinajstić information content (AvgIpc) is 3.27. The number of allylic oxidation sites excluding steroid dienone is 2. The number of methoxy groups -OCH3 is 2. The highest BCUT2D eigenvalue weighted by molar-refractivity contribution is 6.82. The van der Waals surface area contributed by atoms with E-state index in [-0.39, 0.29) is 29.9 Å². The molecule has 0 bridgehead atoms. The molecule has 0 saturated carbocycles. The fraction of sp³-hybridized carbons (Fsp3) is 0.556. The Labute approximate surface area is 202 Å². The lowest BCUT2D eigenvalue weighted by molar-refractivity contribution is -0.168. The molecule has 3 aliphatic carbocycles. The van der Waals surface area contributed by atoms with Gasteiger partial charge >= 0.3 is 11.9 Å². The van der Waals surface area contributed by atoms with Crippen LogP contribution in [0.5, 0.6) is 0 Å². The Morgan fingerprint density at radius 3 is 1.94 bits per heavy atom. The van der Waals surface area contributed by atoms with Crippen LogP contribution < -0.4 is 0 Å². The summed E-state index contributed by atoms with van der Waals surface area (Å²) < 4.78 is 10.2. The molecular formula is C27H34O6Si. The second kappa shape index (κ2) is 8.91. The van der Waals surface area contributed by atoms with E-state index in [0.717, 1.165) is 29.3 Å². The van der Waals surface area contributed by atoms with Gasteiger partial charge in [0.15, 0.2) is 17.0 Å². The molecule has 4 rings (SSSR count). The van der Waals surface area contributed by atoms with Crippen LogP contribution in [0.2, 0.25) is 23.7 Å². The van der Waals surface area contributed by atoms with Gasteiger partial charge in [-0.1, -0.05) is 74.3 Å². The fourth-order valence-corrected chi connectivity index (χ4v) is 12.2. The van der Waals surface area contributed by atoms with Crippen molar-refractivity contribution in [3.63, 3.8) is 0 Å². The highest BCUT2D eigenvalue weighted by Gasteiger charge is 2.62. The van der Waals surface area contributed by atoms with E-state index in [4.69, 9.17) is 9.47 Å². The summed E-state index contributed by atoms with van der Waals surface area (Å²) >= 11 is 0. The van der Waals surface area contributed by atoms with Crippen molar-refractivity contribution in [1.82, 2.24) is 0 Å². The number of esters is 2. The van der Waals surface area contributed by atoms with Gasteiger partial charge in [0.2, 0.25) is 0 Å². The minimum Gasteiger partial charge on any atom is -0.468 e. The van der Waals surface area contributed by atoms with Gasteiger partial charge in [-0.25, -0.2) is 0 Å². The summed E-state index contributed by atoms with van der Waals surface area (Å²) in [7, 11) is 0.481. The van der Waals surface area contributed by atoms with Crippen LogP contribution in [0.25, 0.3) is 0 Å². The predicted octanol–water partition coefficient (Wildman–Crippen LogP) is 5.00. The standard InChI is InChI=1S/C27H34O6Si/c1-6-34(7-2,8-3)24-20-15-27(25(30)32-4,26(31)33-5)14-16(20)13-19-21(24)23(29)18-12-10-9-11-17(18)22(19)28/h9-12,19,21,24H,6-8,13-15H2,1-5H3/t19-,21+,24-/m1/s1. The van der Waals surface area contributed by atoms with Gasteiger partial charge in [-0.15, -0.1) is 0 Å². The molecule has 0 N–H and O–H groups in total. The molecule has 0 aromatic heterocycles. The topological polar surface area (TPSA) is 86.7 Å². The molecule has 1 aromatic rings. The molecule has 0 heterocycles. The second-order valence-corrected chi connectivity index (χ2v) is 15.5. The van der Waals surface area contributed by atoms with Crippen molar-refractivity contribution >= 4 is 31.6 Å². The molecule has 0 aliphatic heterocycles. The zero-order valence-electron chi connectivity index (χ0n) is 20.7. The van der Waals surface area contributed by atoms with Crippen molar-refractivity contribution in [2.75, 3.05) is 14.2 Å².